The van der Waals surface area contributed by atoms with Gasteiger partial charge < -0.3 is 10.6 Å². The number of benzene rings is 1. The second-order valence-electron chi connectivity index (χ2n) is 6.67. The van der Waals surface area contributed by atoms with E-state index in [0.29, 0.717) is 19.0 Å². The van der Waals surface area contributed by atoms with Crippen molar-refractivity contribution in [1.29, 1.82) is 0 Å². The molecular weight excluding hydrogens is 369 g/mol. The molecule has 0 unspecified atom stereocenters. The third-order valence-electron chi connectivity index (χ3n) is 4.13. The first-order valence-corrected chi connectivity index (χ1v) is 9.01. The number of halogens is 3. The van der Waals surface area contributed by atoms with Gasteiger partial charge in [-0.2, -0.15) is 18.3 Å². The summed E-state index contributed by atoms with van der Waals surface area (Å²) in [4.78, 5) is 5.35. The fourth-order valence-electron chi connectivity index (χ4n) is 2.89. The van der Waals surface area contributed by atoms with Crippen molar-refractivity contribution >= 4 is 5.96 Å². The quantitative estimate of drug-likeness (QED) is 0.558. The predicted octanol–water partition coefficient (Wildman–Crippen LogP) is 2.65. The van der Waals surface area contributed by atoms with Crippen molar-refractivity contribution in [2.75, 3.05) is 33.7 Å². The summed E-state index contributed by atoms with van der Waals surface area (Å²) in [7, 11) is 3.07. The van der Waals surface area contributed by atoms with Crippen molar-refractivity contribution < 1.29 is 13.2 Å². The topological polar surface area (TPSA) is 57.5 Å². The molecule has 28 heavy (non-hydrogen) atoms. The molecule has 0 aliphatic rings. The first-order chi connectivity index (χ1) is 13.2. The first kappa shape index (κ1) is 21.7. The Morgan fingerprint density at radius 2 is 1.93 bits per heavy atom. The van der Waals surface area contributed by atoms with E-state index in [0.717, 1.165) is 22.6 Å². The second kappa shape index (κ2) is 9.59. The normalized spacial score (nSPS) is 12.5. The summed E-state index contributed by atoms with van der Waals surface area (Å²) in [5.41, 5.74) is 3.99. The maximum atomic E-state index is 12.4. The highest BCUT2D eigenvalue weighted by Crippen LogP contribution is 2.17. The molecule has 0 spiro atoms. The van der Waals surface area contributed by atoms with E-state index in [2.05, 4.69) is 20.7 Å². The van der Waals surface area contributed by atoms with Crippen LogP contribution in [0.15, 0.2) is 35.3 Å². The van der Waals surface area contributed by atoms with Crippen LogP contribution < -0.4 is 10.6 Å². The van der Waals surface area contributed by atoms with Gasteiger partial charge in [-0.1, -0.05) is 18.2 Å². The largest absolute Gasteiger partial charge is 0.401 e. The van der Waals surface area contributed by atoms with Crippen molar-refractivity contribution in [1.82, 2.24) is 25.3 Å². The van der Waals surface area contributed by atoms with Gasteiger partial charge in [-0.05, 0) is 38.6 Å². The summed E-state index contributed by atoms with van der Waals surface area (Å²) < 4.78 is 39.0. The number of likely N-dealkylation sites (N-methyl/N-ethyl adjacent to an activating group) is 1. The van der Waals surface area contributed by atoms with Gasteiger partial charge in [0, 0.05) is 32.4 Å². The van der Waals surface area contributed by atoms with Crippen molar-refractivity contribution in [3.63, 3.8) is 0 Å². The zero-order chi connectivity index (χ0) is 20.7. The third-order valence-corrected chi connectivity index (χ3v) is 4.13. The van der Waals surface area contributed by atoms with Gasteiger partial charge in [0.15, 0.2) is 5.96 Å². The molecule has 1 aromatic carbocycles. The number of hydrogen-bond donors (Lipinski definition) is 2. The average molecular weight is 396 g/mol. The van der Waals surface area contributed by atoms with E-state index in [1.165, 1.54) is 11.9 Å². The lowest BCUT2D eigenvalue weighted by atomic mass is 10.1. The van der Waals surface area contributed by atoms with Crippen molar-refractivity contribution in [3.8, 4) is 5.69 Å². The fraction of sp³-hybridized carbons (Fsp3) is 0.474. The van der Waals surface area contributed by atoms with Crippen LogP contribution in [0.4, 0.5) is 13.2 Å². The number of para-hydroxylation sites is 1. The van der Waals surface area contributed by atoms with Gasteiger partial charge in [0.25, 0.3) is 0 Å². The van der Waals surface area contributed by atoms with Gasteiger partial charge in [0.1, 0.15) is 0 Å². The summed E-state index contributed by atoms with van der Waals surface area (Å²) in [6, 6.07) is 9.93. The predicted molar refractivity (Wildman–Crippen MR) is 105 cm³/mol. The standard InChI is InChI=1S/C19H27F3N6/c1-14-11-15(2)28(26-14)17-8-6-5-7-16(17)12-25-18(23-3)24-9-10-27(4)13-19(20,21)22/h5-8,11H,9-10,12-13H2,1-4H3,(H2,23,24,25). The number of guanidine groups is 1. The van der Waals surface area contributed by atoms with Crippen LogP contribution in [0.1, 0.15) is 17.0 Å². The maximum absolute atomic E-state index is 12.4. The molecular formula is C19H27F3N6. The van der Waals surface area contributed by atoms with Crippen LogP contribution in [-0.2, 0) is 6.54 Å². The van der Waals surface area contributed by atoms with E-state index < -0.39 is 12.7 Å². The van der Waals surface area contributed by atoms with Gasteiger partial charge >= 0.3 is 6.18 Å². The minimum absolute atomic E-state index is 0.253. The summed E-state index contributed by atoms with van der Waals surface area (Å²) in [6.45, 7) is 4.13. The van der Waals surface area contributed by atoms with Crippen LogP contribution in [0.3, 0.4) is 0 Å². The van der Waals surface area contributed by atoms with Crippen LogP contribution in [0.5, 0.6) is 0 Å². The van der Waals surface area contributed by atoms with E-state index in [-0.39, 0.29) is 6.54 Å². The molecule has 9 heteroatoms. The molecule has 6 nitrogen and oxygen atoms in total. The summed E-state index contributed by atoms with van der Waals surface area (Å²) >= 11 is 0. The van der Waals surface area contributed by atoms with Gasteiger partial charge in [0.05, 0.1) is 17.9 Å². The molecule has 0 amide bonds. The van der Waals surface area contributed by atoms with Crippen molar-refractivity contribution in [2.45, 2.75) is 26.6 Å². The van der Waals surface area contributed by atoms with E-state index in [1.54, 1.807) is 7.05 Å². The Bertz CT molecular complexity index is 797. The minimum atomic E-state index is -4.19. The van der Waals surface area contributed by atoms with E-state index in [4.69, 9.17) is 0 Å². The highest BCUT2D eigenvalue weighted by molar-refractivity contribution is 5.79. The van der Waals surface area contributed by atoms with Crippen LogP contribution in [0.2, 0.25) is 0 Å². The Morgan fingerprint density at radius 3 is 2.54 bits per heavy atom. The Kier molecular flexibility index (Phi) is 7.45. The number of hydrogen-bond acceptors (Lipinski definition) is 3. The number of rotatable bonds is 7. The zero-order valence-electron chi connectivity index (χ0n) is 16.6. The minimum Gasteiger partial charge on any atom is -0.355 e. The van der Waals surface area contributed by atoms with Crippen LogP contribution >= 0.6 is 0 Å². The lowest BCUT2D eigenvalue weighted by Crippen LogP contribution is -2.42. The number of nitrogens with one attached hydrogen (secondary N) is 2. The van der Waals surface area contributed by atoms with Gasteiger partial charge in [-0.15, -0.1) is 0 Å². The molecule has 1 heterocycles. The fourth-order valence-corrected chi connectivity index (χ4v) is 2.89. The second-order valence-corrected chi connectivity index (χ2v) is 6.67. The number of nitrogens with zero attached hydrogens (tertiary/aromatic N) is 4. The zero-order valence-corrected chi connectivity index (χ0v) is 16.6. The molecule has 0 bridgehead atoms. The van der Waals surface area contributed by atoms with E-state index >= 15 is 0 Å². The molecule has 1 aromatic heterocycles. The molecule has 154 valence electrons. The number of alkyl halides is 3. The summed E-state index contributed by atoms with van der Waals surface area (Å²) in [5, 5.41) is 10.8. The highest BCUT2D eigenvalue weighted by atomic mass is 19.4. The lowest BCUT2D eigenvalue weighted by Gasteiger charge is -2.20. The number of aryl methyl sites for hydroxylation is 2. The molecule has 0 aliphatic heterocycles. The number of aliphatic imine (C=N–C) groups is 1. The van der Waals surface area contributed by atoms with E-state index in [9.17, 15) is 13.2 Å². The lowest BCUT2D eigenvalue weighted by molar-refractivity contribution is -0.142. The highest BCUT2D eigenvalue weighted by Gasteiger charge is 2.28. The van der Waals surface area contributed by atoms with Gasteiger partial charge in [0.2, 0.25) is 0 Å². The molecule has 0 fully saturated rings. The Hall–Kier alpha value is -2.55. The molecule has 0 saturated carbocycles. The molecule has 2 aromatic rings. The monoisotopic (exact) mass is 396 g/mol. The molecule has 0 aliphatic carbocycles. The van der Waals surface area contributed by atoms with E-state index in [1.807, 2.05) is 48.9 Å². The average Bonchev–Trinajstić information content (AvgIpc) is 2.94. The SMILES string of the molecule is CN=C(NCCN(C)CC(F)(F)F)NCc1ccccc1-n1nc(C)cc1C. The number of aromatic nitrogens is 2. The Labute approximate surface area is 163 Å². The molecule has 0 atom stereocenters. The van der Waals surface area contributed by atoms with Crippen LogP contribution in [-0.4, -0.2) is 60.5 Å². The van der Waals surface area contributed by atoms with Crippen LogP contribution in [0.25, 0.3) is 5.69 Å². The van der Waals surface area contributed by atoms with Gasteiger partial charge in [-0.25, -0.2) is 4.68 Å². The van der Waals surface area contributed by atoms with Crippen molar-refractivity contribution in [2.24, 2.45) is 4.99 Å². The molecule has 2 N–H and O–H groups in total. The summed E-state index contributed by atoms with van der Waals surface area (Å²) in [6.07, 6.45) is -4.19. The van der Waals surface area contributed by atoms with Gasteiger partial charge in [-0.3, -0.25) is 9.89 Å². The molecule has 0 saturated heterocycles. The maximum Gasteiger partial charge on any atom is 0.401 e. The third kappa shape index (κ3) is 6.56. The first-order valence-electron chi connectivity index (χ1n) is 9.01. The molecule has 0 radical (unpaired) electrons. The van der Waals surface area contributed by atoms with Crippen LogP contribution in [0, 0.1) is 13.8 Å². The van der Waals surface area contributed by atoms with Crippen molar-refractivity contribution in [3.05, 3.63) is 47.3 Å². The Morgan fingerprint density at radius 1 is 1.21 bits per heavy atom. The molecule has 2 rings (SSSR count). The summed E-state index contributed by atoms with van der Waals surface area (Å²) in [5.74, 6) is 0.531. The smallest absolute Gasteiger partial charge is 0.355 e. The Balaban J connectivity index is 1.93.